The summed E-state index contributed by atoms with van der Waals surface area (Å²) in [4.78, 5) is 16.9. The summed E-state index contributed by atoms with van der Waals surface area (Å²) in [5, 5.41) is 0. The zero-order chi connectivity index (χ0) is 15.4. The molecule has 2 aliphatic rings. The van der Waals surface area contributed by atoms with Crippen molar-refractivity contribution < 1.29 is 4.39 Å². The van der Waals surface area contributed by atoms with Crippen LogP contribution in [0.5, 0.6) is 0 Å². The Kier molecular flexibility index (Phi) is 2.96. The van der Waals surface area contributed by atoms with Gasteiger partial charge >= 0.3 is 5.69 Å². The van der Waals surface area contributed by atoms with Crippen molar-refractivity contribution >= 4 is 0 Å². The van der Waals surface area contributed by atoms with Gasteiger partial charge in [0.25, 0.3) is 0 Å². The molecule has 2 unspecified atom stereocenters. The molecule has 0 radical (unpaired) electrons. The van der Waals surface area contributed by atoms with Crippen molar-refractivity contribution in [3.8, 4) is 11.3 Å². The molecule has 114 valence electrons. The Bertz CT molecular complexity index is 792. The van der Waals surface area contributed by atoms with E-state index in [-0.39, 0.29) is 17.5 Å². The number of halogens is 1. The van der Waals surface area contributed by atoms with Gasteiger partial charge in [0.05, 0.1) is 5.69 Å². The second-order valence-electron chi connectivity index (χ2n) is 6.72. The molecule has 2 aromatic rings. The van der Waals surface area contributed by atoms with Crippen LogP contribution in [0.25, 0.3) is 11.3 Å². The lowest BCUT2D eigenvalue weighted by atomic mass is 9.91. The largest absolute Gasteiger partial charge is 0.348 e. The highest BCUT2D eigenvalue weighted by Crippen LogP contribution is 2.55. The summed E-state index contributed by atoms with van der Waals surface area (Å²) < 4.78 is 15.1. The molecule has 3 nitrogen and oxygen atoms in total. The SMILES string of the molecule is CC(C)n1c2c(c(-c3ccc(F)cc3)nc1=O)C1CCC2C1. The van der Waals surface area contributed by atoms with Gasteiger partial charge in [0.2, 0.25) is 0 Å². The molecule has 1 heterocycles. The standard InChI is InChI=1S/C18H19FN2O/c1-10(2)21-17-13-4-3-12(9-13)15(17)16(20-18(21)22)11-5-7-14(19)8-6-11/h5-8,10,12-13H,3-4,9H2,1-2H3. The van der Waals surface area contributed by atoms with Gasteiger partial charge in [-0.25, -0.2) is 9.18 Å². The van der Waals surface area contributed by atoms with Gasteiger partial charge in [-0.15, -0.1) is 0 Å². The highest BCUT2D eigenvalue weighted by Gasteiger charge is 2.42. The Morgan fingerprint density at radius 1 is 1.18 bits per heavy atom. The zero-order valence-electron chi connectivity index (χ0n) is 12.8. The Morgan fingerprint density at radius 3 is 2.55 bits per heavy atom. The summed E-state index contributed by atoms with van der Waals surface area (Å²) in [6.07, 6.45) is 3.46. The smallest absolute Gasteiger partial charge is 0.293 e. The van der Waals surface area contributed by atoms with E-state index in [1.54, 1.807) is 12.1 Å². The molecule has 1 aromatic heterocycles. The molecule has 0 N–H and O–H groups in total. The minimum atomic E-state index is -0.266. The summed E-state index contributed by atoms with van der Waals surface area (Å²) in [5.74, 6) is 0.716. The number of hydrogen-bond donors (Lipinski definition) is 0. The van der Waals surface area contributed by atoms with E-state index in [1.807, 2.05) is 18.4 Å². The van der Waals surface area contributed by atoms with Gasteiger partial charge in [-0.2, -0.15) is 4.98 Å². The minimum absolute atomic E-state index is 0.121. The van der Waals surface area contributed by atoms with Gasteiger partial charge in [-0.1, -0.05) is 0 Å². The fourth-order valence-electron chi connectivity index (χ4n) is 4.20. The van der Waals surface area contributed by atoms with Crippen LogP contribution in [-0.2, 0) is 0 Å². The van der Waals surface area contributed by atoms with Crippen LogP contribution in [0.2, 0.25) is 0 Å². The number of benzene rings is 1. The molecule has 1 aromatic carbocycles. The molecule has 0 saturated heterocycles. The second-order valence-corrected chi connectivity index (χ2v) is 6.72. The Morgan fingerprint density at radius 2 is 1.86 bits per heavy atom. The summed E-state index contributed by atoms with van der Waals surface area (Å²) in [7, 11) is 0. The number of aromatic nitrogens is 2. The predicted octanol–water partition coefficient (Wildman–Crippen LogP) is 4.00. The molecule has 2 atom stereocenters. The fourth-order valence-corrected chi connectivity index (χ4v) is 4.20. The van der Waals surface area contributed by atoms with Crippen LogP contribution >= 0.6 is 0 Å². The van der Waals surface area contributed by atoms with E-state index in [0.717, 1.165) is 24.1 Å². The summed E-state index contributed by atoms with van der Waals surface area (Å²) >= 11 is 0. The van der Waals surface area contributed by atoms with Crippen molar-refractivity contribution in [3.63, 3.8) is 0 Å². The maximum Gasteiger partial charge on any atom is 0.348 e. The molecule has 0 amide bonds. The lowest BCUT2D eigenvalue weighted by Crippen LogP contribution is -2.30. The van der Waals surface area contributed by atoms with Crippen molar-refractivity contribution in [2.75, 3.05) is 0 Å². The fraction of sp³-hybridized carbons (Fsp3) is 0.444. The van der Waals surface area contributed by atoms with E-state index >= 15 is 0 Å². The monoisotopic (exact) mass is 298 g/mol. The van der Waals surface area contributed by atoms with Crippen LogP contribution in [0.15, 0.2) is 29.1 Å². The third kappa shape index (κ3) is 1.86. The molecule has 4 rings (SSSR count). The van der Waals surface area contributed by atoms with Gasteiger partial charge < -0.3 is 0 Å². The summed E-state index contributed by atoms with van der Waals surface area (Å²) in [5.41, 5.74) is 3.85. The number of nitrogens with zero attached hydrogens (tertiary/aromatic N) is 2. The maximum absolute atomic E-state index is 13.2. The normalized spacial score (nSPS) is 22.4. The van der Waals surface area contributed by atoms with E-state index in [1.165, 1.54) is 29.8 Å². The topological polar surface area (TPSA) is 34.9 Å². The maximum atomic E-state index is 13.2. The van der Waals surface area contributed by atoms with Crippen molar-refractivity contribution in [1.82, 2.24) is 9.55 Å². The van der Waals surface area contributed by atoms with Crippen LogP contribution < -0.4 is 5.69 Å². The number of rotatable bonds is 2. The van der Waals surface area contributed by atoms with E-state index < -0.39 is 0 Å². The zero-order valence-corrected chi connectivity index (χ0v) is 12.8. The van der Waals surface area contributed by atoms with Crippen molar-refractivity contribution in [1.29, 1.82) is 0 Å². The third-order valence-electron chi connectivity index (χ3n) is 5.07. The Labute approximate surface area is 128 Å². The molecule has 1 saturated carbocycles. The Hall–Kier alpha value is -1.97. The first-order valence-corrected chi connectivity index (χ1v) is 7.98. The van der Waals surface area contributed by atoms with Crippen molar-refractivity contribution in [2.24, 2.45) is 0 Å². The summed E-state index contributed by atoms with van der Waals surface area (Å²) in [6, 6.07) is 6.44. The first-order valence-electron chi connectivity index (χ1n) is 7.98. The predicted molar refractivity (Wildman–Crippen MR) is 83.6 cm³/mol. The number of fused-ring (bicyclic) bond motifs is 5. The average Bonchev–Trinajstić information content (AvgIpc) is 3.08. The molecule has 22 heavy (non-hydrogen) atoms. The molecule has 0 spiro atoms. The van der Waals surface area contributed by atoms with Crippen LogP contribution in [0.1, 0.15) is 62.2 Å². The third-order valence-corrected chi connectivity index (χ3v) is 5.07. The van der Waals surface area contributed by atoms with Crippen LogP contribution in [-0.4, -0.2) is 9.55 Å². The Balaban J connectivity index is 2.00. The summed E-state index contributed by atoms with van der Waals surface area (Å²) in [6.45, 7) is 4.07. The molecule has 0 aliphatic heterocycles. The molecule has 4 heteroatoms. The van der Waals surface area contributed by atoms with Crippen LogP contribution in [0, 0.1) is 5.82 Å². The van der Waals surface area contributed by atoms with Crippen LogP contribution in [0.3, 0.4) is 0 Å². The molecule has 2 aliphatic carbocycles. The van der Waals surface area contributed by atoms with Gasteiger partial charge in [-0.05, 0) is 63.3 Å². The van der Waals surface area contributed by atoms with E-state index in [0.29, 0.717) is 11.8 Å². The first-order chi connectivity index (χ1) is 10.6. The van der Waals surface area contributed by atoms with Crippen molar-refractivity contribution in [2.45, 2.75) is 51.0 Å². The number of hydrogen-bond acceptors (Lipinski definition) is 2. The highest BCUT2D eigenvalue weighted by atomic mass is 19.1. The van der Waals surface area contributed by atoms with Crippen molar-refractivity contribution in [3.05, 3.63) is 51.8 Å². The second kappa shape index (κ2) is 4.77. The molecular weight excluding hydrogens is 279 g/mol. The quantitative estimate of drug-likeness (QED) is 0.840. The lowest BCUT2D eigenvalue weighted by Gasteiger charge is -2.24. The average molecular weight is 298 g/mol. The molecular formula is C18H19FN2O. The molecule has 1 fully saturated rings. The van der Waals surface area contributed by atoms with Gasteiger partial charge in [0.1, 0.15) is 5.82 Å². The van der Waals surface area contributed by atoms with Gasteiger partial charge in [-0.3, -0.25) is 4.57 Å². The lowest BCUT2D eigenvalue weighted by molar-refractivity contribution is 0.508. The van der Waals surface area contributed by atoms with Gasteiger partial charge in [0, 0.05) is 28.8 Å². The van der Waals surface area contributed by atoms with Gasteiger partial charge in [0.15, 0.2) is 0 Å². The van der Waals surface area contributed by atoms with E-state index in [9.17, 15) is 9.18 Å². The minimum Gasteiger partial charge on any atom is -0.293 e. The molecule has 2 bridgehead atoms. The van der Waals surface area contributed by atoms with Crippen LogP contribution in [0.4, 0.5) is 4.39 Å². The highest BCUT2D eigenvalue weighted by molar-refractivity contribution is 5.66. The van der Waals surface area contributed by atoms with E-state index in [4.69, 9.17) is 0 Å². The first kappa shape index (κ1) is 13.7. The van der Waals surface area contributed by atoms with E-state index in [2.05, 4.69) is 4.98 Å².